The summed E-state index contributed by atoms with van der Waals surface area (Å²) >= 11 is 1.79. The molecule has 1 aliphatic rings. The SMILES string of the molecule is Nc1ccc(-c2nc(C3(Sc4ccccc4)CC3)cc(=O)[nH]2)cc1. The van der Waals surface area contributed by atoms with Crippen LogP contribution in [0.4, 0.5) is 5.69 Å². The molecule has 4 nitrogen and oxygen atoms in total. The number of nitrogens with two attached hydrogens (primary N) is 1. The summed E-state index contributed by atoms with van der Waals surface area (Å²) < 4.78 is -0.0851. The Balaban J connectivity index is 1.71. The van der Waals surface area contributed by atoms with Crippen molar-refractivity contribution in [2.24, 2.45) is 0 Å². The number of nitrogens with zero attached hydrogens (tertiary/aromatic N) is 1. The molecule has 0 radical (unpaired) electrons. The molecule has 120 valence electrons. The number of nitrogen functional groups attached to an aromatic ring is 1. The number of nitrogens with one attached hydrogen (secondary N) is 1. The monoisotopic (exact) mass is 335 g/mol. The second-order valence-electron chi connectivity index (χ2n) is 6.01. The first-order valence-electron chi connectivity index (χ1n) is 7.86. The highest BCUT2D eigenvalue weighted by molar-refractivity contribution is 8.00. The van der Waals surface area contributed by atoms with Crippen LogP contribution in [0.5, 0.6) is 0 Å². The number of benzene rings is 2. The summed E-state index contributed by atoms with van der Waals surface area (Å²) in [5.41, 5.74) is 8.02. The van der Waals surface area contributed by atoms with Crippen LogP contribution in [-0.2, 0) is 4.75 Å². The fourth-order valence-corrected chi connectivity index (χ4v) is 3.97. The van der Waals surface area contributed by atoms with Gasteiger partial charge in [0.05, 0.1) is 10.4 Å². The van der Waals surface area contributed by atoms with E-state index < -0.39 is 0 Å². The molecule has 3 N–H and O–H groups in total. The molecule has 1 saturated carbocycles. The molecule has 1 aliphatic carbocycles. The average molecular weight is 335 g/mol. The maximum atomic E-state index is 12.1. The van der Waals surface area contributed by atoms with Crippen molar-refractivity contribution in [3.05, 3.63) is 76.7 Å². The molecule has 0 saturated heterocycles. The molecule has 0 unspecified atom stereocenters. The summed E-state index contributed by atoms with van der Waals surface area (Å²) in [5.74, 6) is 0.595. The van der Waals surface area contributed by atoms with E-state index in [-0.39, 0.29) is 10.3 Å². The van der Waals surface area contributed by atoms with Crippen LogP contribution in [0, 0.1) is 0 Å². The zero-order valence-corrected chi connectivity index (χ0v) is 13.8. The van der Waals surface area contributed by atoms with Gasteiger partial charge in [-0.25, -0.2) is 4.98 Å². The third-order valence-corrected chi connectivity index (χ3v) is 5.67. The van der Waals surface area contributed by atoms with Crippen LogP contribution in [0.3, 0.4) is 0 Å². The second kappa shape index (κ2) is 5.83. The van der Waals surface area contributed by atoms with Crippen LogP contribution in [0.15, 0.2) is 70.4 Å². The van der Waals surface area contributed by atoms with E-state index >= 15 is 0 Å². The van der Waals surface area contributed by atoms with E-state index in [1.165, 1.54) is 4.90 Å². The molecule has 0 aliphatic heterocycles. The number of aromatic amines is 1. The Morgan fingerprint density at radius 3 is 2.42 bits per heavy atom. The summed E-state index contributed by atoms with van der Waals surface area (Å²) in [6, 6.07) is 19.3. The number of aromatic nitrogens is 2. The zero-order valence-electron chi connectivity index (χ0n) is 13.0. The predicted molar refractivity (Wildman–Crippen MR) is 97.9 cm³/mol. The summed E-state index contributed by atoms with van der Waals surface area (Å²) in [5, 5.41) is 0. The van der Waals surface area contributed by atoms with Gasteiger partial charge in [-0.05, 0) is 49.2 Å². The van der Waals surface area contributed by atoms with Crippen molar-refractivity contribution >= 4 is 17.4 Å². The highest BCUT2D eigenvalue weighted by Gasteiger charge is 2.47. The van der Waals surface area contributed by atoms with Crippen molar-refractivity contribution in [1.82, 2.24) is 9.97 Å². The van der Waals surface area contributed by atoms with Crippen LogP contribution < -0.4 is 11.3 Å². The lowest BCUT2D eigenvalue weighted by Gasteiger charge is -2.15. The van der Waals surface area contributed by atoms with E-state index in [1.807, 2.05) is 42.5 Å². The largest absolute Gasteiger partial charge is 0.399 e. The molecular formula is C19H17N3OS. The van der Waals surface area contributed by atoms with Gasteiger partial charge in [-0.15, -0.1) is 11.8 Å². The molecule has 2 aromatic carbocycles. The van der Waals surface area contributed by atoms with E-state index in [4.69, 9.17) is 10.7 Å². The first-order valence-corrected chi connectivity index (χ1v) is 8.68. The molecule has 4 rings (SSSR count). The Bertz CT molecular complexity index is 915. The van der Waals surface area contributed by atoms with Crippen LogP contribution in [0.25, 0.3) is 11.4 Å². The molecule has 1 fully saturated rings. The molecular weight excluding hydrogens is 318 g/mol. The topological polar surface area (TPSA) is 71.8 Å². The normalized spacial score (nSPS) is 15.2. The van der Waals surface area contributed by atoms with E-state index in [1.54, 1.807) is 17.8 Å². The number of thioether (sulfide) groups is 1. The van der Waals surface area contributed by atoms with Gasteiger partial charge in [0.1, 0.15) is 5.82 Å². The summed E-state index contributed by atoms with van der Waals surface area (Å²) in [6.45, 7) is 0. The van der Waals surface area contributed by atoms with Crippen LogP contribution in [0.2, 0.25) is 0 Å². The molecule has 0 atom stereocenters. The van der Waals surface area contributed by atoms with Crippen LogP contribution >= 0.6 is 11.8 Å². The lowest BCUT2D eigenvalue weighted by molar-refractivity contribution is 0.922. The first-order chi connectivity index (χ1) is 11.6. The second-order valence-corrected chi connectivity index (χ2v) is 7.47. The highest BCUT2D eigenvalue weighted by atomic mass is 32.2. The maximum absolute atomic E-state index is 12.1. The van der Waals surface area contributed by atoms with Gasteiger partial charge >= 0.3 is 0 Å². The standard InChI is InChI=1S/C19H17N3OS/c20-14-8-6-13(7-9-14)18-21-16(12-17(23)22-18)19(10-11-19)24-15-4-2-1-3-5-15/h1-9,12H,10-11,20H2,(H,21,22,23). The van der Waals surface area contributed by atoms with Crippen LogP contribution in [-0.4, -0.2) is 9.97 Å². The number of hydrogen-bond donors (Lipinski definition) is 2. The number of rotatable bonds is 4. The molecule has 1 aromatic heterocycles. The van der Waals surface area contributed by atoms with Gasteiger partial charge in [0.2, 0.25) is 0 Å². The van der Waals surface area contributed by atoms with Gasteiger partial charge < -0.3 is 10.7 Å². The van der Waals surface area contributed by atoms with E-state index in [2.05, 4.69) is 17.1 Å². The highest BCUT2D eigenvalue weighted by Crippen LogP contribution is 2.58. The summed E-state index contributed by atoms with van der Waals surface area (Å²) in [7, 11) is 0. The Morgan fingerprint density at radius 2 is 1.75 bits per heavy atom. The quantitative estimate of drug-likeness (QED) is 0.711. The smallest absolute Gasteiger partial charge is 0.251 e. The van der Waals surface area contributed by atoms with E-state index in [9.17, 15) is 4.79 Å². The number of H-pyrrole nitrogens is 1. The predicted octanol–water partition coefficient (Wildman–Crippen LogP) is 3.80. The average Bonchev–Trinajstić information content (AvgIpc) is 3.37. The summed E-state index contributed by atoms with van der Waals surface area (Å²) in [4.78, 5) is 20.9. The zero-order chi connectivity index (χ0) is 16.6. The number of hydrogen-bond acceptors (Lipinski definition) is 4. The molecule has 24 heavy (non-hydrogen) atoms. The van der Waals surface area contributed by atoms with Crippen molar-refractivity contribution in [2.75, 3.05) is 5.73 Å². The molecule has 0 bridgehead atoms. The summed E-state index contributed by atoms with van der Waals surface area (Å²) in [6.07, 6.45) is 2.06. The Labute approximate surface area is 144 Å². The van der Waals surface area contributed by atoms with E-state index in [0.29, 0.717) is 11.5 Å². The molecule has 1 heterocycles. The van der Waals surface area contributed by atoms with Crippen molar-refractivity contribution < 1.29 is 0 Å². The third-order valence-electron chi connectivity index (χ3n) is 4.15. The maximum Gasteiger partial charge on any atom is 0.251 e. The van der Waals surface area contributed by atoms with E-state index in [0.717, 1.165) is 24.1 Å². The van der Waals surface area contributed by atoms with Gasteiger partial charge in [0, 0.05) is 22.2 Å². The minimum absolute atomic E-state index is 0.0851. The Morgan fingerprint density at radius 1 is 1.04 bits per heavy atom. The van der Waals surface area contributed by atoms with Crippen molar-refractivity contribution in [2.45, 2.75) is 22.5 Å². The van der Waals surface area contributed by atoms with Crippen molar-refractivity contribution in [3.63, 3.8) is 0 Å². The fourth-order valence-electron chi connectivity index (χ4n) is 2.71. The van der Waals surface area contributed by atoms with Gasteiger partial charge in [-0.2, -0.15) is 0 Å². The molecule has 5 heteroatoms. The minimum Gasteiger partial charge on any atom is -0.399 e. The van der Waals surface area contributed by atoms with Gasteiger partial charge in [0.25, 0.3) is 5.56 Å². The lowest BCUT2D eigenvalue weighted by atomic mass is 10.2. The van der Waals surface area contributed by atoms with Crippen molar-refractivity contribution in [1.29, 1.82) is 0 Å². The third kappa shape index (κ3) is 2.95. The fraction of sp³-hybridized carbons (Fsp3) is 0.158. The van der Waals surface area contributed by atoms with Gasteiger partial charge in [-0.1, -0.05) is 18.2 Å². The first kappa shape index (κ1) is 15.0. The van der Waals surface area contributed by atoms with Crippen molar-refractivity contribution in [3.8, 4) is 11.4 Å². The Hall–Kier alpha value is -2.53. The lowest BCUT2D eigenvalue weighted by Crippen LogP contribution is -2.15. The van der Waals surface area contributed by atoms with Gasteiger partial charge in [0.15, 0.2) is 0 Å². The molecule has 3 aromatic rings. The van der Waals surface area contributed by atoms with Crippen LogP contribution in [0.1, 0.15) is 18.5 Å². The molecule has 0 amide bonds. The number of anilines is 1. The van der Waals surface area contributed by atoms with Gasteiger partial charge in [-0.3, -0.25) is 4.79 Å². The minimum atomic E-state index is -0.119. The molecule has 0 spiro atoms. The Kier molecular flexibility index (Phi) is 3.65.